The van der Waals surface area contributed by atoms with Crippen molar-refractivity contribution >= 4 is 23.6 Å². The van der Waals surface area contributed by atoms with Gasteiger partial charge in [0.05, 0.1) is 17.2 Å². The van der Waals surface area contributed by atoms with Crippen LogP contribution in [0.4, 0.5) is 4.79 Å². The normalized spacial score (nSPS) is 13.2. The summed E-state index contributed by atoms with van der Waals surface area (Å²) < 4.78 is 10.7. The predicted molar refractivity (Wildman–Crippen MR) is 103 cm³/mol. The van der Waals surface area contributed by atoms with Crippen molar-refractivity contribution in [2.24, 2.45) is 5.92 Å². The molecule has 0 aliphatic rings. The van der Waals surface area contributed by atoms with Gasteiger partial charge < -0.3 is 20.1 Å². The molecule has 1 aromatic rings. The number of para-hydroxylation sites is 1. The largest absolute Gasteiger partial charge is 0.490 e. The topological polar surface area (TPSA) is 76.7 Å². The van der Waals surface area contributed by atoms with Gasteiger partial charge in [0, 0.05) is 0 Å². The van der Waals surface area contributed by atoms with Crippen molar-refractivity contribution in [2.45, 2.75) is 59.2 Å². The van der Waals surface area contributed by atoms with Crippen molar-refractivity contribution in [3.8, 4) is 5.75 Å². The molecule has 0 aliphatic heterocycles. The summed E-state index contributed by atoms with van der Waals surface area (Å²) in [4.78, 5) is 24.4. The number of hydrogen-bond acceptors (Lipinski definition) is 4. The van der Waals surface area contributed by atoms with Crippen LogP contribution >= 0.6 is 11.6 Å². The summed E-state index contributed by atoms with van der Waals surface area (Å²) in [5.41, 5.74) is 0. The van der Waals surface area contributed by atoms with Gasteiger partial charge in [0.2, 0.25) is 5.91 Å². The molecule has 0 fully saturated rings. The van der Waals surface area contributed by atoms with Crippen molar-refractivity contribution < 1.29 is 19.1 Å². The molecule has 0 saturated heterocycles. The van der Waals surface area contributed by atoms with Gasteiger partial charge in [-0.05, 0) is 45.2 Å². The van der Waals surface area contributed by atoms with Crippen molar-refractivity contribution in [3.05, 3.63) is 29.3 Å². The van der Waals surface area contributed by atoms with E-state index in [0.29, 0.717) is 17.2 Å². The highest BCUT2D eigenvalue weighted by Crippen LogP contribution is 2.23. The third kappa shape index (κ3) is 8.43. The Morgan fingerprint density at radius 3 is 2.31 bits per heavy atom. The molecule has 2 N–H and O–H groups in total. The van der Waals surface area contributed by atoms with E-state index in [4.69, 9.17) is 21.1 Å². The Morgan fingerprint density at radius 1 is 1.08 bits per heavy atom. The summed E-state index contributed by atoms with van der Waals surface area (Å²) in [7, 11) is 0. The number of hydrogen-bond donors (Lipinski definition) is 2. The number of halogens is 1. The standard InChI is InChI=1S/C19H29ClN2O4/c1-12(2)10-16(22-19(24)26-13(3)4)18(23)21-14(5)11-25-17-9-7-6-8-15(17)20/h6-9,12-14,16H,10-11H2,1-5H3,(H,21,23)(H,22,24). The lowest BCUT2D eigenvalue weighted by atomic mass is 10.0. The molecule has 146 valence electrons. The molecular formula is C19H29ClN2O4. The number of nitrogens with one attached hydrogen (secondary N) is 2. The highest BCUT2D eigenvalue weighted by atomic mass is 35.5. The average Bonchev–Trinajstić information content (AvgIpc) is 2.52. The molecule has 0 radical (unpaired) electrons. The van der Waals surface area contributed by atoms with Crippen molar-refractivity contribution in [1.29, 1.82) is 0 Å². The first-order valence-electron chi connectivity index (χ1n) is 8.83. The second-order valence-electron chi connectivity index (χ2n) is 6.93. The fraction of sp³-hybridized carbons (Fsp3) is 0.579. The third-order valence-electron chi connectivity index (χ3n) is 3.37. The van der Waals surface area contributed by atoms with E-state index in [9.17, 15) is 9.59 Å². The van der Waals surface area contributed by atoms with E-state index in [1.807, 2.05) is 32.9 Å². The average molecular weight is 385 g/mol. The van der Waals surface area contributed by atoms with Gasteiger partial charge in [-0.3, -0.25) is 4.79 Å². The molecular weight excluding hydrogens is 356 g/mol. The first-order valence-corrected chi connectivity index (χ1v) is 9.21. The van der Waals surface area contributed by atoms with E-state index in [0.717, 1.165) is 0 Å². The van der Waals surface area contributed by atoms with E-state index in [1.165, 1.54) is 0 Å². The van der Waals surface area contributed by atoms with Crippen LogP contribution in [0.1, 0.15) is 41.0 Å². The van der Waals surface area contributed by atoms with Gasteiger partial charge in [-0.1, -0.05) is 37.6 Å². The molecule has 2 amide bonds. The van der Waals surface area contributed by atoms with E-state index in [1.54, 1.807) is 26.0 Å². The SMILES string of the molecule is CC(C)CC(NC(=O)OC(C)C)C(=O)NC(C)COc1ccccc1Cl. The summed E-state index contributed by atoms with van der Waals surface area (Å²) in [5.74, 6) is 0.530. The van der Waals surface area contributed by atoms with Crippen LogP contribution in [-0.4, -0.2) is 36.8 Å². The lowest BCUT2D eigenvalue weighted by molar-refractivity contribution is -0.124. The molecule has 7 heteroatoms. The number of ether oxygens (including phenoxy) is 2. The van der Waals surface area contributed by atoms with Crippen LogP contribution in [0.2, 0.25) is 5.02 Å². The van der Waals surface area contributed by atoms with Crippen molar-refractivity contribution in [1.82, 2.24) is 10.6 Å². The van der Waals surface area contributed by atoms with Crippen LogP contribution in [-0.2, 0) is 9.53 Å². The Morgan fingerprint density at radius 2 is 1.73 bits per heavy atom. The molecule has 0 bridgehead atoms. The zero-order valence-corrected chi connectivity index (χ0v) is 16.8. The Bertz CT molecular complexity index is 593. The highest BCUT2D eigenvalue weighted by molar-refractivity contribution is 6.32. The lowest BCUT2D eigenvalue weighted by Crippen LogP contribution is -2.51. The molecule has 1 aromatic carbocycles. The molecule has 6 nitrogen and oxygen atoms in total. The minimum Gasteiger partial charge on any atom is -0.490 e. The smallest absolute Gasteiger partial charge is 0.408 e. The summed E-state index contributed by atoms with van der Waals surface area (Å²) in [6.45, 7) is 9.57. The van der Waals surface area contributed by atoms with Crippen LogP contribution < -0.4 is 15.4 Å². The maximum Gasteiger partial charge on any atom is 0.408 e. The molecule has 0 heterocycles. The fourth-order valence-corrected chi connectivity index (χ4v) is 2.45. The fourth-order valence-electron chi connectivity index (χ4n) is 2.25. The Labute approximate surface area is 160 Å². The van der Waals surface area contributed by atoms with E-state index in [-0.39, 0.29) is 30.6 Å². The number of benzene rings is 1. The van der Waals surface area contributed by atoms with Gasteiger partial charge in [-0.25, -0.2) is 4.79 Å². The van der Waals surface area contributed by atoms with Gasteiger partial charge in [0.25, 0.3) is 0 Å². The van der Waals surface area contributed by atoms with Gasteiger partial charge in [0.15, 0.2) is 0 Å². The molecule has 2 atom stereocenters. The zero-order valence-electron chi connectivity index (χ0n) is 16.0. The molecule has 2 unspecified atom stereocenters. The second-order valence-corrected chi connectivity index (χ2v) is 7.34. The van der Waals surface area contributed by atoms with E-state index in [2.05, 4.69) is 10.6 Å². The number of amides is 2. The molecule has 26 heavy (non-hydrogen) atoms. The van der Waals surface area contributed by atoms with Crippen LogP contribution in [0.15, 0.2) is 24.3 Å². The minimum absolute atomic E-state index is 0.236. The van der Waals surface area contributed by atoms with Crippen LogP contribution in [0, 0.1) is 5.92 Å². The van der Waals surface area contributed by atoms with Gasteiger partial charge in [-0.15, -0.1) is 0 Å². The van der Waals surface area contributed by atoms with Crippen molar-refractivity contribution in [3.63, 3.8) is 0 Å². The maximum atomic E-state index is 12.5. The van der Waals surface area contributed by atoms with E-state index < -0.39 is 12.1 Å². The number of alkyl carbamates (subject to hydrolysis) is 1. The molecule has 0 spiro atoms. The lowest BCUT2D eigenvalue weighted by Gasteiger charge is -2.23. The Kier molecular flexibility index (Phi) is 9.27. The van der Waals surface area contributed by atoms with Gasteiger partial charge >= 0.3 is 6.09 Å². The predicted octanol–water partition coefficient (Wildman–Crippen LogP) is 3.77. The van der Waals surface area contributed by atoms with Crippen molar-refractivity contribution in [2.75, 3.05) is 6.61 Å². The number of rotatable bonds is 9. The Hall–Kier alpha value is -1.95. The van der Waals surface area contributed by atoms with Crippen LogP contribution in [0.3, 0.4) is 0 Å². The molecule has 0 aromatic heterocycles. The number of carbonyl (C=O) groups excluding carboxylic acids is 2. The maximum absolute atomic E-state index is 12.5. The zero-order chi connectivity index (χ0) is 19.7. The first-order chi connectivity index (χ1) is 12.2. The van der Waals surface area contributed by atoms with Gasteiger partial charge in [0.1, 0.15) is 18.4 Å². The summed E-state index contributed by atoms with van der Waals surface area (Å²) in [5, 5.41) is 6.00. The second kappa shape index (κ2) is 10.9. The Balaban J connectivity index is 2.58. The first kappa shape index (κ1) is 22.1. The van der Waals surface area contributed by atoms with Crippen LogP contribution in [0.5, 0.6) is 5.75 Å². The monoisotopic (exact) mass is 384 g/mol. The molecule has 0 saturated carbocycles. The van der Waals surface area contributed by atoms with Crippen LogP contribution in [0.25, 0.3) is 0 Å². The third-order valence-corrected chi connectivity index (χ3v) is 3.68. The summed E-state index contributed by atoms with van der Waals surface area (Å²) >= 11 is 6.05. The van der Waals surface area contributed by atoms with E-state index >= 15 is 0 Å². The highest BCUT2D eigenvalue weighted by Gasteiger charge is 2.24. The van der Waals surface area contributed by atoms with Gasteiger partial charge in [-0.2, -0.15) is 0 Å². The summed E-state index contributed by atoms with van der Waals surface area (Å²) in [6.07, 6.45) is -0.335. The number of carbonyl (C=O) groups is 2. The summed E-state index contributed by atoms with van der Waals surface area (Å²) in [6, 6.07) is 6.23. The quantitative estimate of drug-likeness (QED) is 0.679. The molecule has 1 rings (SSSR count). The minimum atomic E-state index is -0.663. The molecule has 0 aliphatic carbocycles.